The van der Waals surface area contributed by atoms with Crippen LogP contribution in [0.1, 0.15) is 55.2 Å². The Bertz CT molecular complexity index is 625. The number of nitrogens with two attached hydrogens (primary N) is 1. The molecule has 116 valence electrons. The zero-order valence-corrected chi connectivity index (χ0v) is 13.2. The Morgan fingerprint density at radius 1 is 1.00 bits per heavy atom. The van der Waals surface area contributed by atoms with Gasteiger partial charge >= 0.3 is 0 Å². The summed E-state index contributed by atoms with van der Waals surface area (Å²) in [4.78, 5) is 0. The van der Waals surface area contributed by atoms with E-state index in [9.17, 15) is 4.39 Å². The molecule has 3 rings (SSSR count). The Labute approximate surface area is 132 Å². The first-order chi connectivity index (χ1) is 10.6. The third-order valence-corrected chi connectivity index (χ3v) is 4.94. The Morgan fingerprint density at radius 2 is 1.68 bits per heavy atom. The molecule has 1 aliphatic carbocycles. The van der Waals surface area contributed by atoms with Gasteiger partial charge < -0.3 is 5.73 Å². The first-order valence-electron chi connectivity index (χ1n) is 8.24. The number of benzene rings is 2. The zero-order chi connectivity index (χ0) is 15.5. The van der Waals surface area contributed by atoms with E-state index < -0.39 is 0 Å². The molecule has 1 aliphatic rings. The lowest BCUT2D eigenvalue weighted by molar-refractivity contribution is 0.347. The third kappa shape index (κ3) is 3.49. The van der Waals surface area contributed by atoms with Gasteiger partial charge in [0, 0.05) is 12.1 Å². The fraction of sp³-hybridized carbons (Fsp3) is 0.400. The van der Waals surface area contributed by atoms with Crippen molar-refractivity contribution < 1.29 is 4.39 Å². The van der Waals surface area contributed by atoms with Gasteiger partial charge in [-0.3, -0.25) is 0 Å². The topological polar surface area (TPSA) is 26.0 Å². The molecule has 1 fully saturated rings. The molecule has 2 heteroatoms. The van der Waals surface area contributed by atoms with Crippen LogP contribution in [0.5, 0.6) is 0 Å². The smallest absolute Gasteiger partial charge is 0.127 e. The molecular weight excluding hydrogens is 273 g/mol. The summed E-state index contributed by atoms with van der Waals surface area (Å²) in [7, 11) is 0. The third-order valence-electron chi connectivity index (χ3n) is 4.94. The molecular formula is C20H24FN. The van der Waals surface area contributed by atoms with E-state index in [0.717, 1.165) is 22.7 Å². The molecule has 1 nitrogen and oxygen atoms in total. The molecule has 22 heavy (non-hydrogen) atoms. The van der Waals surface area contributed by atoms with Crippen molar-refractivity contribution in [2.75, 3.05) is 5.73 Å². The van der Waals surface area contributed by atoms with Gasteiger partial charge in [-0.05, 0) is 59.6 Å². The predicted octanol–water partition coefficient (Wildman–Crippen LogP) is 5.29. The van der Waals surface area contributed by atoms with Crippen molar-refractivity contribution in [3.8, 4) is 0 Å². The fourth-order valence-corrected chi connectivity index (χ4v) is 3.41. The maximum atomic E-state index is 14.4. The first-order valence-corrected chi connectivity index (χ1v) is 8.24. The average molecular weight is 297 g/mol. The molecule has 2 N–H and O–H groups in total. The highest BCUT2D eigenvalue weighted by Gasteiger charge is 2.20. The van der Waals surface area contributed by atoms with Crippen LogP contribution < -0.4 is 5.73 Å². The predicted molar refractivity (Wildman–Crippen MR) is 90.4 cm³/mol. The number of hydrogen-bond acceptors (Lipinski definition) is 1. The number of rotatable bonds is 3. The van der Waals surface area contributed by atoms with E-state index in [0.29, 0.717) is 12.3 Å². The molecule has 0 bridgehead atoms. The Kier molecular flexibility index (Phi) is 4.47. The molecule has 0 atom stereocenters. The summed E-state index contributed by atoms with van der Waals surface area (Å²) >= 11 is 0. The van der Waals surface area contributed by atoms with Gasteiger partial charge in [-0.1, -0.05) is 44.0 Å². The number of hydrogen-bond donors (Lipinski definition) is 1. The van der Waals surface area contributed by atoms with Crippen LogP contribution in [0.15, 0.2) is 42.5 Å². The normalized spacial score (nSPS) is 21.7. The van der Waals surface area contributed by atoms with Crippen LogP contribution in [0.25, 0.3) is 0 Å². The summed E-state index contributed by atoms with van der Waals surface area (Å²) in [5.41, 5.74) is 9.45. The van der Waals surface area contributed by atoms with Gasteiger partial charge in [0.25, 0.3) is 0 Å². The minimum atomic E-state index is -0.0760. The zero-order valence-electron chi connectivity index (χ0n) is 13.2. The van der Waals surface area contributed by atoms with Crippen molar-refractivity contribution in [3.05, 3.63) is 65.0 Å². The van der Waals surface area contributed by atoms with Crippen LogP contribution in [0.3, 0.4) is 0 Å². The largest absolute Gasteiger partial charge is 0.399 e. The second kappa shape index (κ2) is 6.51. The number of anilines is 1. The monoisotopic (exact) mass is 297 g/mol. The Hall–Kier alpha value is -1.83. The van der Waals surface area contributed by atoms with Crippen LogP contribution >= 0.6 is 0 Å². The minimum Gasteiger partial charge on any atom is -0.399 e. The van der Waals surface area contributed by atoms with Gasteiger partial charge in [-0.25, -0.2) is 4.39 Å². The van der Waals surface area contributed by atoms with Crippen molar-refractivity contribution in [3.63, 3.8) is 0 Å². The second-order valence-corrected chi connectivity index (χ2v) is 6.73. The Morgan fingerprint density at radius 3 is 2.32 bits per heavy atom. The molecule has 0 radical (unpaired) electrons. The van der Waals surface area contributed by atoms with Crippen LogP contribution in [0, 0.1) is 11.7 Å². The average Bonchev–Trinajstić information content (AvgIpc) is 2.52. The molecule has 0 heterocycles. The molecule has 0 saturated heterocycles. The summed E-state index contributed by atoms with van der Waals surface area (Å²) in [6.07, 6.45) is 5.53. The van der Waals surface area contributed by atoms with Crippen molar-refractivity contribution in [1.29, 1.82) is 0 Å². The van der Waals surface area contributed by atoms with E-state index in [1.165, 1.54) is 31.2 Å². The van der Waals surface area contributed by atoms with Gasteiger partial charge in [-0.15, -0.1) is 0 Å². The summed E-state index contributed by atoms with van der Waals surface area (Å²) in [6, 6.07) is 13.5. The van der Waals surface area contributed by atoms with Gasteiger partial charge in [0.15, 0.2) is 0 Å². The van der Waals surface area contributed by atoms with Crippen molar-refractivity contribution in [1.82, 2.24) is 0 Å². The summed E-state index contributed by atoms with van der Waals surface area (Å²) in [6.45, 7) is 2.31. The number of nitrogen functional groups attached to an aromatic ring is 1. The standard InChI is InChI=1S/C20H24FN/c1-14-2-6-16(7-3-14)17-8-9-18(20(21)13-17)12-15-4-10-19(22)11-5-15/h4-5,8-11,13-14,16H,2-3,6-7,12,22H2,1H3. The highest BCUT2D eigenvalue weighted by Crippen LogP contribution is 2.36. The highest BCUT2D eigenvalue weighted by molar-refractivity contribution is 5.41. The van der Waals surface area contributed by atoms with Crippen LogP contribution in [-0.4, -0.2) is 0 Å². The lowest BCUT2D eigenvalue weighted by Gasteiger charge is -2.26. The van der Waals surface area contributed by atoms with E-state index in [2.05, 4.69) is 13.0 Å². The summed E-state index contributed by atoms with van der Waals surface area (Å²) < 4.78 is 14.4. The van der Waals surface area contributed by atoms with Crippen molar-refractivity contribution in [2.45, 2.75) is 44.9 Å². The number of halogens is 1. The Balaban J connectivity index is 1.73. The molecule has 0 unspecified atom stereocenters. The van der Waals surface area contributed by atoms with Gasteiger partial charge in [0.2, 0.25) is 0 Å². The molecule has 0 aliphatic heterocycles. The SMILES string of the molecule is CC1CCC(c2ccc(Cc3ccc(N)cc3)c(F)c2)CC1. The first kappa shape index (κ1) is 15.1. The van der Waals surface area contributed by atoms with Gasteiger partial charge in [0.05, 0.1) is 0 Å². The fourth-order valence-electron chi connectivity index (χ4n) is 3.41. The molecule has 2 aromatic rings. The highest BCUT2D eigenvalue weighted by atomic mass is 19.1. The summed E-state index contributed by atoms with van der Waals surface area (Å²) in [5.74, 6) is 1.29. The lowest BCUT2D eigenvalue weighted by atomic mass is 9.79. The van der Waals surface area contributed by atoms with E-state index in [4.69, 9.17) is 5.73 Å². The maximum Gasteiger partial charge on any atom is 0.127 e. The summed E-state index contributed by atoms with van der Waals surface area (Å²) in [5, 5.41) is 0. The van der Waals surface area contributed by atoms with Gasteiger partial charge in [0.1, 0.15) is 5.82 Å². The molecule has 2 aromatic carbocycles. The van der Waals surface area contributed by atoms with E-state index in [1.807, 2.05) is 30.3 Å². The van der Waals surface area contributed by atoms with E-state index in [-0.39, 0.29) is 5.82 Å². The van der Waals surface area contributed by atoms with Crippen molar-refractivity contribution in [2.24, 2.45) is 5.92 Å². The van der Waals surface area contributed by atoms with Crippen LogP contribution in [0.4, 0.5) is 10.1 Å². The van der Waals surface area contributed by atoms with E-state index in [1.54, 1.807) is 6.07 Å². The second-order valence-electron chi connectivity index (χ2n) is 6.73. The maximum absolute atomic E-state index is 14.4. The van der Waals surface area contributed by atoms with Crippen molar-refractivity contribution >= 4 is 5.69 Å². The molecule has 1 saturated carbocycles. The molecule has 0 spiro atoms. The van der Waals surface area contributed by atoms with Crippen LogP contribution in [0.2, 0.25) is 0 Å². The van der Waals surface area contributed by atoms with Crippen LogP contribution in [-0.2, 0) is 6.42 Å². The molecule has 0 amide bonds. The lowest BCUT2D eigenvalue weighted by Crippen LogP contribution is -2.11. The van der Waals surface area contributed by atoms with E-state index >= 15 is 0 Å². The van der Waals surface area contributed by atoms with Gasteiger partial charge in [-0.2, -0.15) is 0 Å². The minimum absolute atomic E-state index is 0.0760. The quantitative estimate of drug-likeness (QED) is 0.765. The molecule has 0 aromatic heterocycles.